The van der Waals surface area contributed by atoms with Crippen molar-refractivity contribution in [3.8, 4) is 0 Å². The van der Waals surface area contributed by atoms with Crippen LogP contribution in [0, 0.1) is 5.92 Å². The highest BCUT2D eigenvalue weighted by atomic mass is 16.5. The van der Waals surface area contributed by atoms with Crippen LogP contribution in [-0.2, 0) is 14.3 Å². The summed E-state index contributed by atoms with van der Waals surface area (Å²) in [5.41, 5.74) is 0. The lowest BCUT2D eigenvalue weighted by molar-refractivity contribution is -0.141. The third-order valence-electron chi connectivity index (χ3n) is 5.15. The van der Waals surface area contributed by atoms with E-state index in [4.69, 9.17) is 9.47 Å². The van der Waals surface area contributed by atoms with Gasteiger partial charge in [-0.2, -0.15) is 0 Å². The molecule has 3 heterocycles. The number of morpholine rings is 1. The number of amides is 1. The molecule has 0 N–H and O–H groups in total. The van der Waals surface area contributed by atoms with Crippen LogP contribution < -0.4 is 0 Å². The summed E-state index contributed by atoms with van der Waals surface area (Å²) in [6.45, 7) is 6.24. The van der Waals surface area contributed by atoms with E-state index in [9.17, 15) is 4.79 Å². The molecule has 3 aliphatic heterocycles. The first-order valence-corrected chi connectivity index (χ1v) is 8.52. The fourth-order valence-corrected chi connectivity index (χ4v) is 3.97. The lowest BCUT2D eigenvalue weighted by Crippen LogP contribution is -2.49. The molecule has 120 valence electrons. The van der Waals surface area contributed by atoms with Gasteiger partial charge in [0.2, 0.25) is 5.91 Å². The predicted octanol–water partition coefficient (Wildman–Crippen LogP) is 1.13. The van der Waals surface area contributed by atoms with Crippen molar-refractivity contribution in [2.75, 3.05) is 52.6 Å². The average Bonchev–Trinajstić information content (AvgIpc) is 2.56. The fraction of sp³-hybridized carbons (Fsp3) is 0.938. The second-order valence-electron chi connectivity index (χ2n) is 6.51. The van der Waals surface area contributed by atoms with Crippen molar-refractivity contribution in [1.82, 2.24) is 9.80 Å². The Balaban J connectivity index is 1.40. The highest BCUT2D eigenvalue weighted by molar-refractivity contribution is 5.77. The van der Waals surface area contributed by atoms with E-state index in [1.165, 1.54) is 45.2 Å². The maximum Gasteiger partial charge on any atom is 0.248 e. The van der Waals surface area contributed by atoms with Crippen molar-refractivity contribution >= 4 is 5.91 Å². The van der Waals surface area contributed by atoms with Gasteiger partial charge in [-0.25, -0.2) is 0 Å². The van der Waals surface area contributed by atoms with E-state index in [-0.39, 0.29) is 12.5 Å². The number of rotatable bonds is 4. The number of carbonyl (C=O) groups excluding carboxylic acids is 1. The minimum atomic E-state index is 0.120. The number of hydrogen-bond acceptors (Lipinski definition) is 4. The highest BCUT2D eigenvalue weighted by Crippen LogP contribution is 2.30. The molecule has 0 bridgehead atoms. The Labute approximate surface area is 127 Å². The van der Waals surface area contributed by atoms with Crippen LogP contribution in [-0.4, -0.2) is 74.4 Å². The Hall–Kier alpha value is -0.650. The molecule has 21 heavy (non-hydrogen) atoms. The second-order valence-corrected chi connectivity index (χ2v) is 6.51. The summed E-state index contributed by atoms with van der Waals surface area (Å²) in [6, 6.07) is 0.700. The third-order valence-corrected chi connectivity index (χ3v) is 5.15. The number of ether oxygens (including phenoxy) is 2. The number of fused-ring (bicyclic) bond motifs is 1. The molecule has 2 atom stereocenters. The van der Waals surface area contributed by atoms with Gasteiger partial charge in [0.1, 0.15) is 6.61 Å². The standard InChI is InChI=1S/C16H28N2O3/c19-16(18-8-10-20-11-9-18)13-21-12-14-4-3-7-17-6-2-1-5-15(14)17/h14-15H,1-13H2. The van der Waals surface area contributed by atoms with Crippen molar-refractivity contribution in [3.05, 3.63) is 0 Å². The van der Waals surface area contributed by atoms with E-state index >= 15 is 0 Å². The van der Waals surface area contributed by atoms with Gasteiger partial charge in [0.25, 0.3) is 0 Å². The summed E-state index contributed by atoms with van der Waals surface area (Å²) in [5.74, 6) is 0.742. The SMILES string of the molecule is O=C(COCC1CCCN2CCCCC12)N1CCOCC1. The van der Waals surface area contributed by atoms with Crippen LogP contribution in [0.1, 0.15) is 32.1 Å². The summed E-state index contributed by atoms with van der Waals surface area (Å²) in [6.07, 6.45) is 6.55. The summed E-state index contributed by atoms with van der Waals surface area (Å²) in [7, 11) is 0. The van der Waals surface area contributed by atoms with Crippen molar-refractivity contribution < 1.29 is 14.3 Å². The topological polar surface area (TPSA) is 42.0 Å². The van der Waals surface area contributed by atoms with Crippen LogP contribution in [0.4, 0.5) is 0 Å². The van der Waals surface area contributed by atoms with Gasteiger partial charge in [0, 0.05) is 19.1 Å². The first kappa shape index (κ1) is 15.3. The number of nitrogens with zero attached hydrogens (tertiary/aromatic N) is 2. The quantitative estimate of drug-likeness (QED) is 0.780. The van der Waals surface area contributed by atoms with Crippen LogP contribution in [0.25, 0.3) is 0 Å². The zero-order valence-corrected chi connectivity index (χ0v) is 13.0. The van der Waals surface area contributed by atoms with Gasteiger partial charge in [-0.1, -0.05) is 6.42 Å². The maximum atomic E-state index is 12.1. The first-order valence-electron chi connectivity index (χ1n) is 8.52. The molecule has 0 aromatic carbocycles. The molecule has 2 unspecified atom stereocenters. The first-order chi connectivity index (χ1) is 10.3. The third kappa shape index (κ3) is 3.96. The lowest BCUT2D eigenvalue weighted by Gasteiger charge is -2.44. The van der Waals surface area contributed by atoms with Crippen LogP contribution in [0.15, 0.2) is 0 Å². The molecule has 0 spiro atoms. The van der Waals surface area contributed by atoms with Crippen LogP contribution >= 0.6 is 0 Å². The highest BCUT2D eigenvalue weighted by Gasteiger charge is 2.33. The summed E-state index contributed by atoms with van der Waals surface area (Å²) in [5, 5.41) is 0. The van der Waals surface area contributed by atoms with Crippen molar-refractivity contribution in [1.29, 1.82) is 0 Å². The Bertz CT molecular complexity index is 342. The molecule has 5 nitrogen and oxygen atoms in total. The lowest BCUT2D eigenvalue weighted by atomic mass is 9.84. The van der Waals surface area contributed by atoms with E-state index in [0.29, 0.717) is 38.3 Å². The second kappa shape index (κ2) is 7.56. The predicted molar refractivity (Wildman–Crippen MR) is 80.2 cm³/mol. The monoisotopic (exact) mass is 296 g/mol. The van der Waals surface area contributed by atoms with E-state index in [2.05, 4.69) is 4.90 Å². The number of carbonyl (C=O) groups is 1. The molecule has 3 aliphatic rings. The maximum absolute atomic E-state index is 12.1. The Morgan fingerprint density at radius 2 is 1.86 bits per heavy atom. The van der Waals surface area contributed by atoms with Gasteiger partial charge in [-0.15, -0.1) is 0 Å². The molecule has 0 aliphatic carbocycles. The van der Waals surface area contributed by atoms with Crippen molar-refractivity contribution in [3.63, 3.8) is 0 Å². The molecule has 3 saturated heterocycles. The minimum Gasteiger partial charge on any atom is -0.378 e. The molecule has 0 aromatic rings. The fourth-order valence-electron chi connectivity index (χ4n) is 3.97. The molecular formula is C16H28N2O3. The van der Waals surface area contributed by atoms with Crippen molar-refractivity contribution in [2.45, 2.75) is 38.1 Å². The van der Waals surface area contributed by atoms with E-state index < -0.39 is 0 Å². The molecule has 0 saturated carbocycles. The van der Waals surface area contributed by atoms with Crippen molar-refractivity contribution in [2.24, 2.45) is 5.92 Å². The van der Waals surface area contributed by atoms with Crippen LogP contribution in [0.3, 0.4) is 0 Å². The number of hydrogen-bond donors (Lipinski definition) is 0. The smallest absolute Gasteiger partial charge is 0.248 e. The molecule has 3 fully saturated rings. The Kier molecular flexibility index (Phi) is 5.49. The average molecular weight is 296 g/mol. The summed E-state index contributed by atoms with van der Waals surface area (Å²) < 4.78 is 11.0. The molecule has 5 heteroatoms. The Morgan fingerprint density at radius 3 is 2.71 bits per heavy atom. The zero-order valence-electron chi connectivity index (χ0n) is 13.0. The van der Waals surface area contributed by atoms with Crippen LogP contribution in [0.2, 0.25) is 0 Å². The van der Waals surface area contributed by atoms with Gasteiger partial charge < -0.3 is 19.3 Å². The van der Waals surface area contributed by atoms with Gasteiger partial charge in [0.05, 0.1) is 19.8 Å². The summed E-state index contributed by atoms with van der Waals surface area (Å²) >= 11 is 0. The van der Waals surface area contributed by atoms with E-state index in [0.717, 1.165) is 6.61 Å². The van der Waals surface area contributed by atoms with Gasteiger partial charge in [-0.05, 0) is 44.7 Å². The molecule has 1 amide bonds. The molecule has 3 rings (SSSR count). The van der Waals surface area contributed by atoms with Gasteiger partial charge in [0.15, 0.2) is 0 Å². The van der Waals surface area contributed by atoms with Gasteiger partial charge >= 0.3 is 0 Å². The van der Waals surface area contributed by atoms with Crippen LogP contribution in [0.5, 0.6) is 0 Å². The largest absolute Gasteiger partial charge is 0.378 e. The van der Waals surface area contributed by atoms with E-state index in [1.807, 2.05) is 4.90 Å². The molecule has 0 aromatic heterocycles. The molecule has 0 radical (unpaired) electrons. The zero-order chi connectivity index (χ0) is 14.5. The van der Waals surface area contributed by atoms with Gasteiger partial charge in [-0.3, -0.25) is 4.79 Å². The van der Waals surface area contributed by atoms with E-state index in [1.54, 1.807) is 0 Å². The minimum absolute atomic E-state index is 0.120. The summed E-state index contributed by atoms with van der Waals surface area (Å²) in [4.78, 5) is 16.6. The number of piperidine rings is 2. The Morgan fingerprint density at radius 1 is 1.05 bits per heavy atom. The molecular weight excluding hydrogens is 268 g/mol. The normalized spacial score (nSPS) is 31.0.